The molecule has 9 heteroatoms. The quantitative estimate of drug-likeness (QED) is 0.327. The maximum Gasteiger partial charge on any atom is 0.288 e. The molecule has 1 N–H and O–H groups in total. The summed E-state index contributed by atoms with van der Waals surface area (Å²) in [5, 5.41) is 14.0. The molecule has 1 heterocycles. The second kappa shape index (κ2) is 8.52. The molecule has 1 amide bonds. The number of fused-ring (bicyclic) bond motifs is 1. The summed E-state index contributed by atoms with van der Waals surface area (Å²) in [7, 11) is 1.52. The Bertz CT molecular complexity index is 1410. The maximum atomic E-state index is 12.5. The molecular formula is C23H15ClN2O6. The topological polar surface area (TPSA) is 112 Å². The predicted octanol–water partition coefficient (Wildman–Crippen LogP) is 5.28. The second-order valence-electron chi connectivity index (χ2n) is 6.79. The number of hydrogen-bond donors (Lipinski definition) is 1. The molecule has 0 bridgehead atoms. The van der Waals surface area contributed by atoms with E-state index in [4.69, 9.17) is 20.8 Å². The molecule has 8 nitrogen and oxygen atoms in total. The van der Waals surface area contributed by atoms with Crippen molar-refractivity contribution in [2.75, 3.05) is 12.4 Å². The third-order valence-electron chi connectivity index (χ3n) is 4.77. The monoisotopic (exact) mass is 450 g/mol. The van der Waals surface area contributed by atoms with Gasteiger partial charge in [0.2, 0.25) is 0 Å². The second-order valence-corrected chi connectivity index (χ2v) is 7.20. The predicted molar refractivity (Wildman–Crippen MR) is 121 cm³/mol. The van der Waals surface area contributed by atoms with Crippen molar-refractivity contribution in [2.45, 2.75) is 0 Å². The normalized spacial score (nSPS) is 10.7. The zero-order valence-electron chi connectivity index (χ0n) is 16.6. The number of anilines is 1. The molecule has 0 atom stereocenters. The summed E-state index contributed by atoms with van der Waals surface area (Å²) in [6.07, 6.45) is 0. The minimum Gasteiger partial charge on any atom is -0.497 e. The number of carbonyl (C=O) groups excluding carboxylic acids is 1. The van der Waals surface area contributed by atoms with Crippen LogP contribution in [0.3, 0.4) is 0 Å². The Hall–Kier alpha value is -4.17. The van der Waals surface area contributed by atoms with E-state index in [0.717, 1.165) is 6.07 Å². The molecule has 3 aromatic carbocycles. The highest BCUT2D eigenvalue weighted by atomic mass is 35.5. The minimum atomic E-state index is -0.651. The van der Waals surface area contributed by atoms with Gasteiger partial charge in [0, 0.05) is 28.9 Å². The number of benzene rings is 3. The van der Waals surface area contributed by atoms with Gasteiger partial charge in [-0.25, -0.2) is 0 Å². The fraction of sp³-hybridized carbons (Fsp3) is 0.0435. The van der Waals surface area contributed by atoms with Crippen LogP contribution in [0.15, 0.2) is 75.9 Å². The van der Waals surface area contributed by atoms with Crippen LogP contribution in [0.4, 0.5) is 11.4 Å². The summed E-state index contributed by atoms with van der Waals surface area (Å²) in [6.45, 7) is 0. The van der Waals surface area contributed by atoms with Gasteiger partial charge in [-0.2, -0.15) is 0 Å². The van der Waals surface area contributed by atoms with Gasteiger partial charge < -0.3 is 14.5 Å². The fourth-order valence-electron chi connectivity index (χ4n) is 3.12. The van der Waals surface area contributed by atoms with Crippen LogP contribution in [-0.2, 0) is 0 Å². The molecule has 0 fully saturated rings. The number of amides is 1. The number of nitro groups is 1. The number of nitrogens with one attached hydrogen (secondary N) is 1. The number of hydrogen-bond acceptors (Lipinski definition) is 6. The molecule has 32 heavy (non-hydrogen) atoms. The van der Waals surface area contributed by atoms with Crippen LogP contribution < -0.4 is 15.5 Å². The zero-order valence-corrected chi connectivity index (χ0v) is 17.4. The van der Waals surface area contributed by atoms with Crippen LogP contribution in [0.2, 0.25) is 5.02 Å². The van der Waals surface area contributed by atoms with Gasteiger partial charge in [0.05, 0.1) is 17.4 Å². The summed E-state index contributed by atoms with van der Waals surface area (Å²) < 4.78 is 11.0. The molecule has 0 radical (unpaired) electrons. The minimum absolute atomic E-state index is 0.0498. The molecule has 1 aromatic heterocycles. The molecular weight excluding hydrogens is 436 g/mol. The number of nitro benzene ring substituents is 1. The summed E-state index contributed by atoms with van der Waals surface area (Å²) in [5.41, 5.74) is 1.07. The Kier molecular flexibility index (Phi) is 5.61. The van der Waals surface area contributed by atoms with Crippen molar-refractivity contribution in [1.82, 2.24) is 0 Å². The Morgan fingerprint density at radius 3 is 2.50 bits per heavy atom. The van der Waals surface area contributed by atoms with E-state index in [1.165, 1.54) is 25.3 Å². The van der Waals surface area contributed by atoms with Gasteiger partial charge in [0.25, 0.3) is 11.6 Å². The Morgan fingerprint density at radius 2 is 1.81 bits per heavy atom. The maximum absolute atomic E-state index is 12.5. The molecule has 0 aliphatic carbocycles. The molecule has 0 aliphatic rings. The van der Waals surface area contributed by atoms with Crippen molar-refractivity contribution in [3.8, 4) is 17.1 Å². The lowest BCUT2D eigenvalue weighted by molar-refractivity contribution is -0.384. The summed E-state index contributed by atoms with van der Waals surface area (Å²) in [5.74, 6) is 0.409. The summed E-state index contributed by atoms with van der Waals surface area (Å²) in [4.78, 5) is 35.3. The third kappa shape index (κ3) is 4.17. The zero-order chi connectivity index (χ0) is 22.8. The first-order chi connectivity index (χ1) is 15.4. The fourth-order valence-corrected chi connectivity index (χ4v) is 3.31. The van der Waals surface area contributed by atoms with Crippen molar-refractivity contribution in [2.24, 2.45) is 0 Å². The Balaban J connectivity index is 1.57. The van der Waals surface area contributed by atoms with Crippen molar-refractivity contribution >= 4 is 39.9 Å². The summed E-state index contributed by atoms with van der Waals surface area (Å²) in [6, 6.07) is 16.8. The van der Waals surface area contributed by atoms with E-state index in [0.29, 0.717) is 33.7 Å². The van der Waals surface area contributed by atoms with Crippen LogP contribution in [0.1, 0.15) is 10.4 Å². The van der Waals surface area contributed by atoms with E-state index in [-0.39, 0.29) is 21.7 Å². The van der Waals surface area contributed by atoms with E-state index in [1.807, 2.05) is 0 Å². The van der Waals surface area contributed by atoms with Gasteiger partial charge >= 0.3 is 0 Å². The van der Waals surface area contributed by atoms with Crippen molar-refractivity contribution in [3.05, 3.63) is 97.7 Å². The SMILES string of the molecule is COc1ccc2oc(-c3ccc(NC(=O)c4ccc(Cl)c([N+](=O)[O-])c4)cc3)cc(=O)c2c1. The highest BCUT2D eigenvalue weighted by molar-refractivity contribution is 6.32. The number of nitrogens with zero attached hydrogens (tertiary/aromatic N) is 1. The molecule has 160 valence electrons. The number of carbonyl (C=O) groups is 1. The number of halogens is 1. The number of ether oxygens (including phenoxy) is 1. The van der Waals surface area contributed by atoms with Crippen LogP contribution >= 0.6 is 11.6 Å². The Labute approximate surface area is 186 Å². The smallest absolute Gasteiger partial charge is 0.288 e. The average molecular weight is 451 g/mol. The van der Waals surface area contributed by atoms with Gasteiger partial charge in [-0.1, -0.05) is 11.6 Å². The largest absolute Gasteiger partial charge is 0.497 e. The van der Waals surface area contributed by atoms with E-state index >= 15 is 0 Å². The van der Waals surface area contributed by atoms with E-state index < -0.39 is 10.8 Å². The van der Waals surface area contributed by atoms with Crippen molar-refractivity contribution in [3.63, 3.8) is 0 Å². The number of rotatable bonds is 5. The molecule has 0 aliphatic heterocycles. The molecule has 0 saturated heterocycles. The summed E-state index contributed by atoms with van der Waals surface area (Å²) >= 11 is 5.78. The standard InChI is InChI=1S/C23H15ClN2O6/c1-31-16-7-9-21-17(11-16)20(27)12-22(32-21)13-2-5-15(6-3-13)25-23(28)14-4-8-18(24)19(10-14)26(29)30/h2-12H,1H3,(H,25,28). The van der Waals surface area contributed by atoms with Gasteiger partial charge in [-0.3, -0.25) is 19.7 Å². The molecule has 4 aromatic rings. The lowest BCUT2D eigenvalue weighted by Gasteiger charge is -2.08. The first-order valence-electron chi connectivity index (χ1n) is 9.33. The third-order valence-corrected chi connectivity index (χ3v) is 5.09. The van der Waals surface area contributed by atoms with Crippen LogP contribution in [0.25, 0.3) is 22.3 Å². The molecule has 0 saturated carbocycles. The van der Waals surface area contributed by atoms with Crippen LogP contribution in [0.5, 0.6) is 5.75 Å². The van der Waals surface area contributed by atoms with Crippen molar-refractivity contribution < 1.29 is 18.9 Å². The van der Waals surface area contributed by atoms with E-state index in [1.54, 1.807) is 42.5 Å². The lowest BCUT2D eigenvalue weighted by atomic mass is 10.1. The van der Waals surface area contributed by atoms with Gasteiger partial charge in [-0.05, 0) is 54.6 Å². The average Bonchev–Trinajstić information content (AvgIpc) is 2.79. The highest BCUT2D eigenvalue weighted by Crippen LogP contribution is 2.27. The first kappa shape index (κ1) is 21.1. The first-order valence-corrected chi connectivity index (χ1v) is 9.71. The van der Waals surface area contributed by atoms with E-state index in [2.05, 4.69) is 5.32 Å². The molecule has 0 unspecified atom stereocenters. The van der Waals surface area contributed by atoms with Gasteiger partial charge in [0.15, 0.2) is 5.43 Å². The molecule has 0 spiro atoms. The highest BCUT2D eigenvalue weighted by Gasteiger charge is 2.16. The van der Waals surface area contributed by atoms with E-state index in [9.17, 15) is 19.7 Å². The molecule has 4 rings (SSSR count). The number of methoxy groups -OCH3 is 1. The van der Waals surface area contributed by atoms with Crippen LogP contribution in [0, 0.1) is 10.1 Å². The van der Waals surface area contributed by atoms with Crippen LogP contribution in [-0.4, -0.2) is 17.9 Å². The lowest BCUT2D eigenvalue weighted by Crippen LogP contribution is -2.12. The Morgan fingerprint density at radius 1 is 1.06 bits per heavy atom. The van der Waals surface area contributed by atoms with Gasteiger partial charge in [-0.15, -0.1) is 0 Å². The van der Waals surface area contributed by atoms with Crippen molar-refractivity contribution in [1.29, 1.82) is 0 Å². The van der Waals surface area contributed by atoms with Gasteiger partial charge in [0.1, 0.15) is 22.1 Å².